The Labute approximate surface area is 145 Å². The smallest absolute Gasteiger partial charge is 0.220 e. The van der Waals surface area contributed by atoms with E-state index in [1.165, 1.54) is 4.88 Å². The van der Waals surface area contributed by atoms with Gasteiger partial charge in [-0.25, -0.2) is 9.97 Å². The summed E-state index contributed by atoms with van der Waals surface area (Å²) in [6, 6.07) is 5.46. The standard InChI is InChI=1S/C17H21N3O3S/c1-12-15(24-11-19-12)5-6-16(21)20-13-7-9-22-10-14(13)23-17-4-2-3-8-18-17/h2-4,8,11,13-14H,5-7,9-10H2,1H3,(H,20,21)/t13-,14-/m1/s1. The minimum absolute atomic E-state index is 0.0318. The third-order valence-corrected chi connectivity index (χ3v) is 4.98. The van der Waals surface area contributed by atoms with Crippen molar-refractivity contribution in [3.63, 3.8) is 0 Å². The summed E-state index contributed by atoms with van der Waals surface area (Å²) in [5, 5.41) is 3.08. The van der Waals surface area contributed by atoms with Crippen molar-refractivity contribution >= 4 is 17.2 Å². The minimum atomic E-state index is -0.220. The Kier molecular flexibility index (Phi) is 5.77. The van der Waals surface area contributed by atoms with Gasteiger partial charge in [0.05, 0.1) is 23.9 Å². The molecule has 1 fully saturated rings. The quantitative estimate of drug-likeness (QED) is 0.867. The van der Waals surface area contributed by atoms with Crippen LogP contribution in [0.25, 0.3) is 0 Å². The van der Waals surface area contributed by atoms with Crippen molar-refractivity contribution in [2.45, 2.75) is 38.3 Å². The highest BCUT2D eigenvalue weighted by Crippen LogP contribution is 2.17. The minimum Gasteiger partial charge on any atom is -0.470 e. The first kappa shape index (κ1) is 16.9. The lowest BCUT2D eigenvalue weighted by molar-refractivity contribution is -0.124. The fraction of sp³-hybridized carbons (Fsp3) is 0.471. The maximum atomic E-state index is 12.3. The molecule has 0 aliphatic carbocycles. The number of thiazole rings is 1. The van der Waals surface area contributed by atoms with Gasteiger partial charge in [0, 0.05) is 30.2 Å². The first-order valence-electron chi connectivity index (χ1n) is 8.06. The summed E-state index contributed by atoms with van der Waals surface area (Å²) >= 11 is 1.60. The van der Waals surface area contributed by atoms with Crippen molar-refractivity contribution in [2.75, 3.05) is 13.2 Å². The molecule has 2 aromatic heterocycles. The van der Waals surface area contributed by atoms with E-state index in [0.717, 1.165) is 18.5 Å². The average molecular weight is 347 g/mol. The van der Waals surface area contributed by atoms with Crippen LogP contribution in [-0.2, 0) is 16.0 Å². The Hall–Kier alpha value is -1.99. The van der Waals surface area contributed by atoms with Crippen LogP contribution in [0.1, 0.15) is 23.4 Å². The van der Waals surface area contributed by atoms with Crippen LogP contribution >= 0.6 is 11.3 Å². The summed E-state index contributed by atoms with van der Waals surface area (Å²) in [4.78, 5) is 21.8. The van der Waals surface area contributed by atoms with Crippen LogP contribution in [0.3, 0.4) is 0 Å². The molecule has 2 aromatic rings. The molecule has 24 heavy (non-hydrogen) atoms. The Bertz CT molecular complexity index is 662. The van der Waals surface area contributed by atoms with Crippen LogP contribution in [0, 0.1) is 6.92 Å². The lowest BCUT2D eigenvalue weighted by Gasteiger charge is -2.32. The number of aryl methyl sites for hydroxylation is 2. The molecule has 3 heterocycles. The van der Waals surface area contributed by atoms with Gasteiger partial charge in [-0.3, -0.25) is 4.79 Å². The van der Waals surface area contributed by atoms with Crippen molar-refractivity contribution in [3.8, 4) is 5.88 Å². The van der Waals surface area contributed by atoms with Crippen LogP contribution in [0.4, 0.5) is 0 Å². The maximum absolute atomic E-state index is 12.3. The highest BCUT2D eigenvalue weighted by Gasteiger charge is 2.29. The fourth-order valence-electron chi connectivity index (χ4n) is 2.64. The monoisotopic (exact) mass is 347 g/mol. The zero-order valence-electron chi connectivity index (χ0n) is 13.6. The number of pyridine rings is 1. The first-order chi connectivity index (χ1) is 11.7. The van der Waals surface area contributed by atoms with E-state index in [9.17, 15) is 4.79 Å². The lowest BCUT2D eigenvalue weighted by Crippen LogP contribution is -2.51. The molecule has 2 atom stereocenters. The predicted molar refractivity (Wildman–Crippen MR) is 91.2 cm³/mol. The molecule has 1 saturated heterocycles. The van der Waals surface area contributed by atoms with E-state index in [1.54, 1.807) is 23.6 Å². The van der Waals surface area contributed by atoms with Crippen LogP contribution in [0.2, 0.25) is 0 Å². The Morgan fingerprint density at radius 3 is 3.12 bits per heavy atom. The van der Waals surface area contributed by atoms with E-state index >= 15 is 0 Å². The normalized spacial score (nSPS) is 20.5. The summed E-state index contributed by atoms with van der Waals surface area (Å²) in [5.41, 5.74) is 2.83. The van der Waals surface area contributed by atoms with E-state index < -0.39 is 0 Å². The number of hydrogen-bond acceptors (Lipinski definition) is 6. The summed E-state index contributed by atoms with van der Waals surface area (Å²) in [6.07, 6.45) is 3.38. The molecular weight excluding hydrogens is 326 g/mol. The second kappa shape index (κ2) is 8.21. The molecule has 6 nitrogen and oxygen atoms in total. The number of nitrogens with one attached hydrogen (secondary N) is 1. The van der Waals surface area contributed by atoms with Crippen LogP contribution in [-0.4, -0.2) is 41.2 Å². The molecule has 0 saturated carbocycles. The van der Waals surface area contributed by atoms with E-state index in [2.05, 4.69) is 15.3 Å². The van der Waals surface area contributed by atoms with E-state index in [4.69, 9.17) is 9.47 Å². The van der Waals surface area contributed by atoms with Gasteiger partial charge in [-0.15, -0.1) is 11.3 Å². The summed E-state index contributed by atoms with van der Waals surface area (Å²) in [5.74, 6) is 0.580. The van der Waals surface area contributed by atoms with Crippen molar-refractivity contribution in [1.29, 1.82) is 0 Å². The Morgan fingerprint density at radius 2 is 2.38 bits per heavy atom. The molecule has 1 aliphatic heterocycles. The highest BCUT2D eigenvalue weighted by atomic mass is 32.1. The fourth-order valence-corrected chi connectivity index (χ4v) is 3.42. The van der Waals surface area contributed by atoms with Gasteiger partial charge < -0.3 is 14.8 Å². The SMILES string of the molecule is Cc1ncsc1CCC(=O)N[C@@H]1CCOC[C@H]1Oc1ccccn1. The number of ether oxygens (including phenoxy) is 2. The molecule has 0 unspecified atom stereocenters. The largest absolute Gasteiger partial charge is 0.470 e. The molecular formula is C17H21N3O3S. The number of carbonyl (C=O) groups is 1. The molecule has 1 N–H and O–H groups in total. The average Bonchev–Trinajstić information content (AvgIpc) is 3.01. The maximum Gasteiger partial charge on any atom is 0.220 e. The van der Waals surface area contributed by atoms with Crippen molar-refractivity contribution in [1.82, 2.24) is 15.3 Å². The molecule has 0 radical (unpaired) electrons. The van der Waals surface area contributed by atoms with Crippen LogP contribution < -0.4 is 10.1 Å². The Morgan fingerprint density at radius 1 is 1.46 bits per heavy atom. The molecule has 1 aliphatic rings. The number of carbonyl (C=O) groups excluding carboxylic acids is 1. The zero-order chi connectivity index (χ0) is 16.8. The third kappa shape index (κ3) is 4.52. The predicted octanol–water partition coefficient (Wildman–Crippen LogP) is 2.13. The number of nitrogens with zero attached hydrogens (tertiary/aromatic N) is 2. The van der Waals surface area contributed by atoms with Crippen LogP contribution in [0.15, 0.2) is 29.9 Å². The second-order valence-corrected chi connectivity index (χ2v) is 6.66. The molecule has 3 rings (SSSR count). The molecule has 0 bridgehead atoms. The van der Waals surface area contributed by atoms with Gasteiger partial charge in [-0.2, -0.15) is 0 Å². The molecule has 0 spiro atoms. The molecule has 0 aromatic carbocycles. The number of rotatable bonds is 6. The summed E-state index contributed by atoms with van der Waals surface area (Å²) in [6.45, 7) is 3.05. The van der Waals surface area contributed by atoms with Crippen molar-refractivity contribution < 1.29 is 14.3 Å². The lowest BCUT2D eigenvalue weighted by atomic mass is 10.1. The van der Waals surface area contributed by atoms with E-state index in [1.807, 2.05) is 24.6 Å². The Balaban J connectivity index is 1.53. The van der Waals surface area contributed by atoms with Crippen LogP contribution in [0.5, 0.6) is 5.88 Å². The van der Waals surface area contributed by atoms with Gasteiger partial charge in [0.15, 0.2) is 0 Å². The first-order valence-corrected chi connectivity index (χ1v) is 8.94. The topological polar surface area (TPSA) is 73.3 Å². The molecule has 1 amide bonds. The molecule has 7 heteroatoms. The second-order valence-electron chi connectivity index (χ2n) is 5.72. The van der Waals surface area contributed by atoms with Gasteiger partial charge >= 0.3 is 0 Å². The van der Waals surface area contributed by atoms with Crippen molar-refractivity contribution in [3.05, 3.63) is 40.5 Å². The highest BCUT2D eigenvalue weighted by molar-refractivity contribution is 7.09. The van der Waals surface area contributed by atoms with Gasteiger partial charge in [0.2, 0.25) is 11.8 Å². The zero-order valence-corrected chi connectivity index (χ0v) is 14.4. The van der Waals surface area contributed by atoms with Crippen molar-refractivity contribution in [2.24, 2.45) is 0 Å². The summed E-state index contributed by atoms with van der Waals surface area (Å²) < 4.78 is 11.4. The van der Waals surface area contributed by atoms with Gasteiger partial charge in [0.1, 0.15) is 6.10 Å². The summed E-state index contributed by atoms with van der Waals surface area (Å²) in [7, 11) is 0. The number of aromatic nitrogens is 2. The molecule has 128 valence electrons. The van der Waals surface area contributed by atoms with Gasteiger partial charge in [-0.1, -0.05) is 6.07 Å². The number of amides is 1. The van der Waals surface area contributed by atoms with Gasteiger partial charge in [0.25, 0.3) is 0 Å². The van der Waals surface area contributed by atoms with Gasteiger partial charge in [-0.05, 0) is 25.8 Å². The van der Waals surface area contributed by atoms with E-state index in [-0.39, 0.29) is 18.1 Å². The third-order valence-electron chi connectivity index (χ3n) is 3.98. The number of hydrogen-bond donors (Lipinski definition) is 1. The van der Waals surface area contributed by atoms with E-state index in [0.29, 0.717) is 25.5 Å².